The maximum Gasteiger partial charge on any atom is 0.301 e. The molecule has 1 unspecified atom stereocenters. The van der Waals surface area contributed by atoms with Crippen LogP contribution in [0.3, 0.4) is 0 Å². The van der Waals surface area contributed by atoms with Crippen LogP contribution in [0.1, 0.15) is 28.5 Å². The van der Waals surface area contributed by atoms with Gasteiger partial charge in [0, 0.05) is 23.8 Å². The summed E-state index contributed by atoms with van der Waals surface area (Å²) >= 11 is 0. The zero-order valence-electron chi connectivity index (χ0n) is 16.6. The van der Waals surface area contributed by atoms with Crippen LogP contribution in [0, 0.1) is 24.0 Å². The third-order valence-corrected chi connectivity index (χ3v) is 5.05. The van der Waals surface area contributed by atoms with Gasteiger partial charge in [0.1, 0.15) is 11.5 Å². The van der Waals surface area contributed by atoms with Crippen molar-refractivity contribution in [2.45, 2.75) is 19.9 Å². The Kier molecular flexibility index (Phi) is 4.86. The molecule has 2 heterocycles. The molecule has 0 aliphatic carbocycles. The van der Waals surface area contributed by atoms with E-state index in [9.17, 15) is 24.8 Å². The molecule has 3 aromatic rings. The van der Waals surface area contributed by atoms with Crippen LogP contribution in [0.5, 0.6) is 0 Å². The predicted molar refractivity (Wildman–Crippen MR) is 110 cm³/mol. The first-order chi connectivity index (χ1) is 14.8. The van der Waals surface area contributed by atoms with E-state index in [-0.39, 0.29) is 22.8 Å². The number of hydrogen-bond donors (Lipinski definition) is 1. The van der Waals surface area contributed by atoms with Gasteiger partial charge in [-0.25, -0.2) is 0 Å². The topological polar surface area (TPSA) is 127 Å². The number of hydrogen-bond acceptors (Lipinski definition) is 7. The molecule has 156 valence electrons. The van der Waals surface area contributed by atoms with Gasteiger partial charge in [0.05, 0.1) is 16.5 Å². The number of nitro benzene ring substituents is 1. The molecule has 1 aliphatic heterocycles. The summed E-state index contributed by atoms with van der Waals surface area (Å²) in [7, 11) is 0. The highest BCUT2D eigenvalue weighted by molar-refractivity contribution is 6.51. The molecule has 9 nitrogen and oxygen atoms in total. The Morgan fingerprint density at radius 2 is 1.74 bits per heavy atom. The van der Waals surface area contributed by atoms with Gasteiger partial charge in [0.2, 0.25) is 0 Å². The minimum atomic E-state index is -1.04. The summed E-state index contributed by atoms with van der Waals surface area (Å²) in [4.78, 5) is 37.5. The van der Waals surface area contributed by atoms with Crippen LogP contribution < -0.4 is 4.90 Å². The van der Waals surface area contributed by atoms with Crippen molar-refractivity contribution in [2.75, 3.05) is 4.90 Å². The van der Waals surface area contributed by atoms with Gasteiger partial charge in [-0.2, -0.15) is 0 Å². The summed E-state index contributed by atoms with van der Waals surface area (Å²) in [5.74, 6) is -1.58. The Bertz CT molecular complexity index is 1220. The van der Waals surface area contributed by atoms with E-state index in [1.54, 1.807) is 31.2 Å². The van der Waals surface area contributed by atoms with Crippen molar-refractivity contribution >= 4 is 29.0 Å². The number of nitrogens with zero attached hydrogens (tertiary/aromatic N) is 3. The van der Waals surface area contributed by atoms with Crippen LogP contribution in [0.15, 0.2) is 64.7 Å². The average Bonchev–Trinajstić information content (AvgIpc) is 3.29. The Hall–Kier alpha value is -4.27. The molecular formula is C22H17N3O6. The second-order valence-corrected chi connectivity index (χ2v) is 7.18. The van der Waals surface area contributed by atoms with Crippen LogP contribution >= 0.6 is 0 Å². The highest BCUT2D eigenvalue weighted by atomic mass is 16.6. The minimum Gasteiger partial charge on any atom is -0.507 e. The van der Waals surface area contributed by atoms with Crippen LogP contribution in [0.25, 0.3) is 5.76 Å². The Morgan fingerprint density at radius 1 is 1.10 bits per heavy atom. The normalized spacial score (nSPS) is 17.9. The number of amides is 1. The van der Waals surface area contributed by atoms with Gasteiger partial charge in [-0.1, -0.05) is 35.0 Å². The molecular weight excluding hydrogens is 402 g/mol. The molecule has 0 bridgehead atoms. The van der Waals surface area contributed by atoms with E-state index in [0.29, 0.717) is 16.9 Å². The number of nitro groups is 1. The van der Waals surface area contributed by atoms with Gasteiger partial charge in [-0.15, -0.1) is 0 Å². The molecule has 1 atom stereocenters. The van der Waals surface area contributed by atoms with E-state index < -0.39 is 22.7 Å². The standard InChI is InChI=1S/C22H17N3O6/c1-12-3-5-15(6-4-12)20(26)18-19(14-7-9-16(10-8-14)25(29)30)24(22(28)21(18)27)17-11-13(2)31-23-17/h3-11,19,26H,1-2H3. The van der Waals surface area contributed by atoms with Crippen molar-refractivity contribution in [2.24, 2.45) is 0 Å². The molecule has 0 saturated carbocycles. The number of carbonyl (C=O) groups excluding carboxylic acids is 2. The lowest BCUT2D eigenvalue weighted by Crippen LogP contribution is -2.29. The Labute approximate surface area is 176 Å². The van der Waals surface area contributed by atoms with Gasteiger partial charge >= 0.3 is 5.91 Å². The van der Waals surface area contributed by atoms with Crippen LogP contribution in [0.4, 0.5) is 11.5 Å². The number of Topliss-reactive ketones (excluding diaryl/α,β-unsaturated/α-hetero) is 1. The number of aliphatic hydroxyl groups excluding tert-OH is 1. The molecule has 9 heteroatoms. The lowest BCUT2D eigenvalue weighted by Gasteiger charge is -2.22. The monoisotopic (exact) mass is 419 g/mol. The van der Waals surface area contributed by atoms with Crippen molar-refractivity contribution in [3.05, 3.63) is 92.7 Å². The van der Waals surface area contributed by atoms with E-state index in [1.165, 1.54) is 30.3 Å². The second kappa shape index (κ2) is 7.52. The van der Waals surface area contributed by atoms with E-state index in [2.05, 4.69) is 5.16 Å². The highest BCUT2D eigenvalue weighted by Crippen LogP contribution is 2.42. The molecule has 1 aliphatic rings. The number of aliphatic hydroxyl groups is 1. The number of aryl methyl sites for hydroxylation is 2. The van der Waals surface area contributed by atoms with Gasteiger partial charge in [0.15, 0.2) is 5.82 Å². The number of carbonyl (C=O) groups is 2. The summed E-state index contributed by atoms with van der Waals surface area (Å²) in [6, 6.07) is 12.7. The predicted octanol–water partition coefficient (Wildman–Crippen LogP) is 3.83. The van der Waals surface area contributed by atoms with Crippen molar-refractivity contribution in [1.82, 2.24) is 5.16 Å². The van der Waals surface area contributed by atoms with E-state index in [4.69, 9.17) is 4.52 Å². The van der Waals surface area contributed by atoms with Gasteiger partial charge < -0.3 is 9.63 Å². The lowest BCUT2D eigenvalue weighted by atomic mass is 9.95. The largest absolute Gasteiger partial charge is 0.507 e. The van der Waals surface area contributed by atoms with Gasteiger partial charge in [-0.05, 0) is 31.5 Å². The lowest BCUT2D eigenvalue weighted by molar-refractivity contribution is -0.384. The molecule has 1 amide bonds. The summed E-state index contributed by atoms with van der Waals surface area (Å²) in [6.07, 6.45) is 0. The fourth-order valence-electron chi connectivity index (χ4n) is 3.50. The van der Waals surface area contributed by atoms with E-state index in [1.807, 2.05) is 6.92 Å². The molecule has 1 N–H and O–H groups in total. The maximum absolute atomic E-state index is 13.0. The SMILES string of the molecule is Cc1ccc(C(O)=C2C(=O)C(=O)N(c3cc(C)on3)C2c2ccc([N+](=O)[O-])cc2)cc1. The first-order valence-corrected chi connectivity index (χ1v) is 9.33. The van der Waals surface area contributed by atoms with Crippen molar-refractivity contribution in [3.8, 4) is 0 Å². The highest BCUT2D eigenvalue weighted by Gasteiger charge is 2.48. The summed E-state index contributed by atoms with van der Waals surface area (Å²) < 4.78 is 5.07. The third kappa shape index (κ3) is 3.46. The van der Waals surface area contributed by atoms with Gasteiger partial charge in [-0.3, -0.25) is 24.6 Å². The van der Waals surface area contributed by atoms with Crippen molar-refractivity contribution < 1.29 is 24.1 Å². The van der Waals surface area contributed by atoms with Crippen molar-refractivity contribution in [3.63, 3.8) is 0 Å². The molecule has 4 rings (SSSR count). The number of rotatable bonds is 4. The molecule has 0 radical (unpaired) electrons. The first-order valence-electron chi connectivity index (χ1n) is 9.33. The van der Waals surface area contributed by atoms with Crippen molar-refractivity contribution in [1.29, 1.82) is 0 Å². The fourth-order valence-corrected chi connectivity index (χ4v) is 3.50. The van der Waals surface area contributed by atoms with Crippen LogP contribution in [-0.2, 0) is 9.59 Å². The first kappa shape index (κ1) is 20.0. The van der Waals surface area contributed by atoms with Gasteiger partial charge in [0.25, 0.3) is 11.5 Å². The molecule has 2 aromatic carbocycles. The molecule has 1 saturated heterocycles. The number of ketones is 1. The smallest absolute Gasteiger partial charge is 0.301 e. The molecule has 1 fully saturated rings. The van der Waals surface area contributed by atoms with Crippen LogP contribution in [0.2, 0.25) is 0 Å². The quantitative estimate of drug-likeness (QED) is 0.224. The minimum absolute atomic E-state index is 0.103. The maximum atomic E-state index is 13.0. The van der Waals surface area contributed by atoms with E-state index in [0.717, 1.165) is 10.5 Å². The molecule has 1 aromatic heterocycles. The number of non-ortho nitro benzene ring substituents is 1. The fraction of sp³-hybridized carbons (Fsp3) is 0.136. The number of anilines is 1. The number of aromatic nitrogens is 1. The summed E-state index contributed by atoms with van der Waals surface area (Å²) in [5.41, 5.74) is 1.45. The summed E-state index contributed by atoms with van der Waals surface area (Å²) in [6.45, 7) is 3.52. The average molecular weight is 419 g/mol. The Morgan fingerprint density at radius 3 is 2.29 bits per heavy atom. The third-order valence-electron chi connectivity index (χ3n) is 5.05. The Balaban J connectivity index is 1.92. The zero-order valence-corrected chi connectivity index (χ0v) is 16.6. The van der Waals surface area contributed by atoms with E-state index >= 15 is 0 Å². The zero-order chi connectivity index (χ0) is 22.3. The molecule has 0 spiro atoms. The summed E-state index contributed by atoms with van der Waals surface area (Å²) in [5, 5.41) is 25.8. The second-order valence-electron chi connectivity index (χ2n) is 7.18. The van der Waals surface area contributed by atoms with Crippen LogP contribution in [-0.4, -0.2) is 26.9 Å². The number of benzene rings is 2. The molecule has 31 heavy (non-hydrogen) atoms.